The number of nitrogens with zero attached hydrogens (tertiary/aromatic N) is 1. The van der Waals surface area contributed by atoms with Crippen LogP contribution >= 0.6 is 0 Å². The lowest BCUT2D eigenvalue weighted by molar-refractivity contribution is -0.131. The van der Waals surface area contributed by atoms with Gasteiger partial charge in [-0.2, -0.15) is 0 Å². The van der Waals surface area contributed by atoms with E-state index in [2.05, 4.69) is 22.8 Å². The number of benzene rings is 1. The second kappa shape index (κ2) is 7.09. The van der Waals surface area contributed by atoms with Gasteiger partial charge in [0.25, 0.3) is 0 Å². The molecule has 0 unspecified atom stereocenters. The highest BCUT2D eigenvalue weighted by atomic mass is 16.2. The Kier molecular flexibility index (Phi) is 4.66. The molecule has 6 heteroatoms. The molecule has 2 N–H and O–H groups in total. The molecule has 2 aliphatic heterocycles. The lowest BCUT2D eigenvalue weighted by atomic mass is 10.1. The van der Waals surface area contributed by atoms with Gasteiger partial charge in [-0.05, 0) is 61.8 Å². The zero-order valence-electron chi connectivity index (χ0n) is 14.9. The summed E-state index contributed by atoms with van der Waals surface area (Å²) in [7, 11) is 0. The molecule has 3 amide bonds. The molecule has 4 rings (SSSR count). The summed E-state index contributed by atoms with van der Waals surface area (Å²) in [6.45, 7) is 1.05. The Morgan fingerprint density at radius 3 is 2.85 bits per heavy atom. The summed E-state index contributed by atoms with van der Waals surface area (Å²) in [5.41, 5.74) is 3.57. The first kappa shape index (κ1) is 17.1. The van der Waals surface area contributed by atoms with Crippen LogP contribution in [-0.4, -0.2) is 36.9 Å². The highest BCUT2D eigenvalue weighted by Gasteiger charge is 2.37. The molecule has 2 atom stereocenters. The SMILES string of the molecule is O=C(N[C@H]1CCCCNC1=O)[C@H]1CC(=O)N(c2ccc3c(c2)CCC3)C1. The van der Waals surface area contributed by atoms with Crippen molar-refractivity contribution in [3.05, 3.63) is 29.3 Å². The molecule has 26 heavy (non-hydrogen) atoms. The number of nitrogens with one attached hydrogen (secondary N) is 2. The van der Waals surface area contributed by atoms with Crippen LogP contribution in [0.1, 0.15) is 43.2 Å². The molecule has 1 aromatic carbocycles. The van der Waals surface area contributed by atoms with Gasteiger partial charge < -0.3 is 15.5 Å². The maximum absolute atomic E-state index is 12.6. The van der Waals surface area contributed by atoms with E-state index in [-0.39, 0.29) is 24.1 Å². The van der Waals surface area contributed by atoms with Gasteiger partial charge in [-0.1, -0.05) is 6.07 Å². The molecule has 2 fully saturated rings. The van der Waals surface area contributed by atoms with Gasteiger partial charge >= 0.3 is 0 Å². The number of fused-ring (bicyclic) bond motifs is 1. The van der Waals surface area contributed by atoms with Gasteiger partial charge in [0, 0.05) is 25.2 Å². The minimum Gasteiger partial charge on any atom is -0.354 e. The van der Waals surface area contributed by atoms with Crippen LogP contribution < -0.4 is 15.5 Å². The van der Waals surface area contributed by atoms with Crippen LogP contribution in [0.25, 0.3) is 0 Å². The predicted octanol–water partition coefficient (Wildman–Crippen LogP) is 1.31. The second-order valence-electron chi connectivity index (χ2n) is 7.56. The minimum atomic E-state index is -0.478. The summed E-state index contributed by atoms with van der Waals surface area (Å²) in [6, 6.07) is 5.71. The molecule has 1 aliphatic carbocycles. The Labute approximate surface area is 153 Å². The summed E-state index contributed by atoms with van der Waals surface area (Å²) in [5.74, 6) is -0.722. The van der Waals surface area contributed by atoms with Crippen LogP contribution in [0.5, 0.6) is 0 Å². The first-order valence-corrected chi connectivity index (χ1v) is 9.62. The Morgan fingerprint density at radius 2 is 1.96 bits per heavy atom. The van der Waals surface area contributed by atoms with Crippen molar-refractivity contribution in [2.45, 2.75) is 51.0 Å². The molecule has 0 saturated carbocycles. The number of anilines is 1. The van der Waals surface area contributed by atoms with Crippen molar-refractivity contribution in [3.63, 3.8) is 0 Å². The van der Waals surface area contributed by atoms with Crippen molar-refractivity contribution in [2.75, 3.05) is 18.0 Å². The van der Waals surface area contributed by atoms with E-state index in [1.54, 1.807) is 4.90 Å². The first-order valence-electron chi connectivity index (χ1n) is 9.62. The van der Waals surface area contributed by atoms with Crippen LogP contribution in [0.4, 0.5) is 5.69 Å². The first-order chi connectivity index (χ1) is 12.6. The number of carbonyl (C=O) groups is 3. The Balaban J connectivity index is 1.42. The van der Waals surface area contributed by atoms with Gasteiger partial charge in [-0.25, -0.2) is 0 Å². The largest absolute Gasteiger partial charge is 0.354 e. The van der Waals surface area contributed by atoms with Crippen LogP contribution in [0.2, 0.25) is 0 Å². The quantitative estimate of drug-likeness (QED) is 0.858. The smallest absolute Gasteiger partial charge is 0.242 e. The molecule has 0 spiro atoms. The monoisotopic (exact) mass is 355 g/mol. The van der Waals surface area contributed by atoms with Crippen molar-refractivity contribution in [2.24, 2.45) is 5.92 Å². The van der Waals surface area contributed by atoms with Crippen molar-refractivity contribution < 1.29 is 14.4 Å². The van der Waals surface area contributed by atoms with Gasteiger partial charge in [0.15, 0.2) is 0 Å². The Hall–Kier alpha value is -2.37. The lowest BCUT2D eigenvalue weighted by Crippen LogP contribution is -2.47. The molecule has 0 radical (unpaired) electrons. The van der Waals surface area contributed by atoms with Gasteiger partial charge in [-0.15, -0.1) is 0 Å². The standard InChI is InChI=1S/C20H25N3O3/c24-18-11-15(19(25)22-17-6-1-2-9-21-20(17)26)12-23(18)16-8-7-13-4-3-5-14(13)10-16/h7-8,10,15,17H,1-6,9,11-12H2,(H,21,26)(H,22,25)/t15-,17-/m0/s1. The van der Waals surface area contributed by atoms with E-state index in [0.717, 1.165) is 31.4 Å². The molecule has 1 aromatic rings. The van der Waals surface area contributed by atoms with Gasteiger partial charge in [0.1, 0.15) is 6.04 Å². The maximum atomic E-state index is 12.6. The van der Waals surface area contributed by atoms with Crippen molar-refractivity contribution >= 4 is 23.4 Å². The topological polar surface area (TPSA) is 78.5 Å². The van der Waals surface area contributed by atoms with Crippen molar-refractivity contribution in [3.8, 4) is 0 Å². The van der Waals surface area contributed by atoms with Gasteiger partial charge in [0.05, 0.1) is 5.92 Å². The fourth-order valence-electron chi connectivity index (χ4n) is 4.23. The molecular weight excluding hydrogens is 330 g/mol. The zero-order chi connectivity index (χ0) is 18.1. The van der Waals surface area contributed by atoms with E-state index in [1.807, 2.05) is 6.07 Å². The van der Waals surface area contributed by atoms with Crippen molar-refractivity contribution in [1.82, 2.24) is 10.6 Å². The summed E-state index contributed by atoms with van der Waals surface area (Å²) < 4.78 is 0. The fraction of sp³-hybridized carbons (Fsp3) is 0.550. The molecule has 6 nitrogen and oxygen atoms in total. The number of amides is 3. The molecule has 3 aliphatic rings. The van der Waals surface area contributed by atoms with E-state index >= 15 is 0 Å². The molecule has 0 bridgehead atoms. The number of hydrogen-bond acceptors (Lipinski definition) is 3. The summed E-state index contributed by atoms with van der Waals surface area (Å²) >= 11 is 0. The lowest BCUT2D eigenvalue weighted by Gasteiger charge is -2.19. The third-order valence-corrected chi connectivity index (χ3v) is 5.74. The number of carbonyl (C=O) groups excluding carboxylic acids is 3. The normalized spacial score (nSPS) is 25.6. The molecule has 2 saturated heterocycles. The molecule has 138 valence electrons. The van der Waals surface area contributed by atoms with Crippen LogP contribution in [-0.2, 0) is 27.2 Å². The fourth-order valence-corrected chi connectivity index (χ4v) is 4.23. The summed E-state index contributed by atoms with van der Waals surface area (Å²) in [4.78, 5) is 38.8. The average Bonchev–Trinajstić information content (AvgIpc) is 3.20. The maximum Gasteiger partial charge on any atom is 0.242 e. The highest BCUT2D eigenvalue weighted by molar-refractivity contribution is 6.01. The zero-order valence-corrected chi connectivity index (χ0v) is 14.9. The Bertz CT molecular complexity index is 746. The molecule has 0 aromatic heterocycles. The van der Waals surface area contributed by atoms with Crippen LogP contribution in [0.15, 0.2) is 18.2 Å². The number of aryl methyl sites for hydroxylation is 2. The van der Waals surface area contributed by atoms with Gasteiger partial charge in [0.2, 0.25) is 17.7 Å². The summed E-state index contributed by atoms with van der Waals surface area (Å²) in [6.07, 6.45) is 6.05. The van der Waals surface area contributed by atoms with E-state index in [0.29, 0.717) is 19.5 Å². The highest BCUT2D eigenvalue weighted by Crippen LogP contribution is 2.30. The summed E-state index contributed by atoms with van der Waals surface area (Å²) in [5, 5.41) is 5.68. The Morgan fingerprint density at radius 1 is 1.12 bits per heavy atom. The average molecular weight is 355 g/mol. The van der Waals surface area contributed by atoms with Crippen LogP contribution in [0.3, 0.4) is 0 Å². The van der Waals surface area contributed by atoms with Crippen molar-refractivity contribution in [1.29, 1.82) is 0 Å². The molecular formula is C20H25N3O3. The van der Waals surface area contributed by atoms with E-state index < -0.39 is 12.0 Å². The third kappa shape index (κ3) is 3.32. The second-order valence-corrected chi connectivity index (χ2v) is 7.56. The van der Waals surface area contributed by atoms with E-state index in [4.69, 9.17) is 0 Å². The van der Waals surface area contributed by atoms with E-state index in [1.165, 1.54) is 17.5 Å². The molecule has 2 heterocycles. The number of hydrogen-bond donors (Lipinski definition) is 2. The van der Waals surface area contributed by atoms with Gasteiger partial charge in [-0.3, -0.25) is 14.4 Å². The predicted molar refractivity (Wildman–Crippen MR) is 97.7 cm³/mol. The van der Waals surface area contributed by atoms with Crippen LogP contribution in [0, 0.1) is 5.92 Å². The minimum absolute atomic E-state index is 0.0200. The third-order valence-electron chi connectivity index (χ3n) is 5.74. The number of rotatable bonds is 3. The van der Waals surface area contributed by atoms with E-state index in [9.17, 15) is 14.4 Å².